The molecule has 0 bridgehead atoms. The van der Waals surface area contributed by atoms with Gasteiger partial charge in [0.2, 0.25) is 0 Å². The molecule has 0 atom stereocenters. The molecular formula is C9H8ClNO. The van der Waals surface area contributed by atoms with Crippen molar-refractivity contribution in [2.75, 3.05) is 6.54 Å². The lowest BCUT2D eigenvalue weighted by Gasteiger charge is -1.95. The molecule has 0 aliphatic heterocycles. The summed E-state index contributed by atoms with van der Waals surface area (Å²) >= 11 is 5.62. The van der Waals surface area contributed by atoms with Crippen molar-refractivity contribution in [1.82, 2.24) is 0 Å². The van der Waals surface area contributed by atoms with Crippen LogP contribution < -0.4 is 5.73 Å². The lowest BCUT2D eigenvalue weighted by Crippen LogP contribution is -1.93. The SMILES string of the molecule is NCC#Cc1ccc(Cl)cc1O. The molecule has 3 N–H and O–H groups in total. The molecule has 2 nitrogen and oxygen atoms in total. The third-order valence-corrected chi connectivity index (χ3v) is 1.52. The summed E-state index contributed by atoms with van der Waals surface area (Å²) in [5, 5.41) is 9.78. The smallest absolute Gasteiger partial charge is 0.132 e. The first kappa shape index (κ1) is 8.92. The van der Waals surface area contributed by atoms with E-state index < -0.39 is 0 Å². The fraction of sp³-hybridized carbons (Fsp3) is 0.111. The van der Waals surface area contributed by atoms with Crippen molar-refractivity contribution in [2.24, 2.45) is 5.73 Å². The van der Waals surface area contributed by atoms with Crippen molar-refractivity contribution in [1.29, 1.82) is 0 Å². The molecule has 3 heteroatoms. The first-order valence-electron chi connectivity index (χ1n) is 3.41. The average molecular weight is 182 g/mol. The molecule has 0 unspecified atom stereocenters. The maximum atomic E-state index is 9.29. The van der Waals surface area contributed by atoms with Crippen LogP contribution in [0.25, 0.3) is 0 Å². The van der Waals surface area contributed by atoms with E-state index >= 15 is 0 Å². The zero-order valence-electron chi connectivity index (χ0n) is 6.34. The molecule has 12 heavy (non-hydrogen) atoms. The Morgan fingerprint density at radius 3 is 2.83 bits per heavy atom. The van der Waals surface area contributed by atoms with Gasteiger partial charge in [-0.2, -0.15) is 0 Å². The lowest BCUT2D eigenvalue weighted by atomic mass is 10.2. The van der Waals surface area contributed by atoms with E-state index in [1.54, 1.807) is 12.1 Å². The van der Waals surface area contributed by atoms with Gasteiger partial charge in [0, 0.05) is 5.02 Å². The molecule has 0 aliphatic carbocycles. The molecule has 1 aromatic rings. The van der Waals surface area contributed by atoms with Crippen LogP contribution in [0.5, 0.6) is 5.75 Å². The molecular weight excluding hydrogens is 174 g/mol. The van der Waals surface area contributed by atoms with Crippen molar-refractivity contribution >= 4 is 11.6 Å². The third-order valence-electron chi connectivity index (χ3n) is 1.28. The van der Waals surface area contributed by atoms with Crippen molar-refractivity contribution < 1.29 is 5.11 Å². The van der Waals surface area contributed by atoms with E-state index in [1.165, 1.54) is 6.07 Å². The highest BCUT2D eigenvalue weighted by atomic mass is 35.5. The largest absolute Gasteiger partial charge is 0.507 e. The summed E-state index contributed by atoms with van der Waals surface area (Å²) in [5.74, 6) is 5.44. The maximum Gasteiger partial charge on any atom is 0.132 e. The van der Waals surface area contributed by atoms with Crippen molar-refractivity contribution in [3.05, 3.63) is 28.8 Å². The van der Waals surface area contributed by atoms with Crippen molar-refractivity contribution in [2.45, 2.75) is 0 Å². The Labute approximate surface area is 76.0 Å². The van der Waals surface area contributed by atoms with E-state index in [-0.39, 0.29) is 12.3 Å². The summed E-state index contributed by atoms with van der Waals surface area (Å²) in [7, 11) is 0. The highest BCUT2D eigenvalue weighted by Crippen LogP contribution is 2.20. The number of rotatable bonds is 0. The van der Waals surface area contributed by atoms with Gasteiger partial charge in [-0.3, -0.25) is 0 Å². The number of aromatic hydroxyl groups is 1. The Bertz CT molecular complexity index is 338. The van der Waals surface area contributed by atoms with Crippen LogP contribution in [0, 0.1) is 11.8 Å². The van der Waals surface area contributed by atoms with Gasteiger partial charge in [-0.05, 0) is 18.2 Å². The van der Waals surface area contributed by atoms with Crippen LogP contribution in [0.3, 0.4) is 0 Å². The second-order valence-electron chi connectivity index (χ2n) is 2.17. The zero-order valence-corrected chi connectivity index (χ0v) is 7.10. The molecule has 0 saturated heterocycles. The van der Waals surface area contributed by atoms with Crippen molar-refractivity contribution in [3.63, 3.8) is 0 Å². The maximum absolute atomic E-state index is 9.29. The van der Waals surface area contributed by atoms with Crippen LogP contribution >= 0.6 is 11.6 Å². The molecule has 0 fully saturated rings. The number of nitrogens with two attached hydrogens (primary N) is 1. The molecule has 0 aliphatic rings. The molecule has 0 amide bonds. The Kier molecular flexibility index (Phi) is 2.98. The summed E-state index contributed by atoms with van der Waals surface area (Å²) < 4.78 is 0. The predicted molar refractivity (Wildman–Crippen MR) is 49.0 cm³/mol. The first-order valence-corrected chi connectivity index (χ1v) is 3.79. The minimum Gasteiger partial charge on any atom is -0.507 e. The van der Waals surface area contributed by atoms with Gasteiger partial charge in [0.1, 0.15) is 5.75 Å². The Balaban J connectivity index is 3.01. The highest BCUT2D eigenvalue weighted by molar-refractivity contribution is 6.30. The van der Waals surface area contributed by atoms with E-state index in [2.05, 4.69) is 11.8 Å². The fourth-order valence-corrected chi connectivity index (χ4v) is 0.923. The summed E-state index contributed by atoms with van der Waals surface area (Å²) in [5.41, 5.74) is 5.72. The Hall–Kier alpha value is -1.17. The van der Waals surface area contributed by atoms with Crippen LogP contribution in [0.15, 0.2) is 18.2 Å². The molecule has 62 valence electrons. The van der Waals surface area contributed by atoms with E-state index in [0.717, 1.165) is 0 Å². The molecule has 0 heterocycles. The standard InChI is InChI=1S/C9H8ClNO/c10-8-4-3-7(2-1-5-11)9(12)6-8/h3-4,6,12H,5,11H2. The molecule has 1 aromatic carbocycles. The number of hydrogen-bond donors (Lipinski definition) is 2. The van der Waals surface area contributed by atoms with Gasteiger partial charge in [-0.25, -0.2) is 0 Å². The summed E-state index contributed by atoms with van der Waals surface area (Å²) in [6, 6.07) is 4.77. The monoisotopic (exact) mass is 181 g/mol. The topological polar surface area (TPSA) is 46.2 Å². The van der Waals surface area contributed by atoms with Gasteiger partial charge in [0.25, 0.3) is 0 Å². The van der Waals surface area contributed by atoms with E-state index in [4.69, 9.17) is 17.3 Å². The number of phenols is 1. The van der Waals surface area contributed by atoms with Crippen LogP contribution in [0.2, 0.25) is 5.02 Å². The van der Waals surface area contributed by atoms with Gasteiger partial charge < -0.3 is 10.8 Å². The fourth-order valence-electron chi connectivity index (χ4n) is 0.757. The number of benzene rings is 1. The number of hydrogen-bond acceptors (Lipinski definition) is 2. The second kappa shape index (κ2) is 4.01. The van der Waals surface area contributed by atoms with E-state index in [1.807, 2.05) is 0 Å². The highest BCUT2D eigenvalue weighted by Gasteiger charge is 1.96. The minimum absolute atomic E-state index is 0.0865. The quantitative estimate of drug-likeness (QED) is 0.594. The summed E-state index contributed by atoms with van der Waals surface area (Å²) in [6.45, 7) is 0.280. The minimum atomic E-state index is 0.0865. The van der Waals surface area contributed by atoms with Gasteiger partial charge in [0.05, 0.1) is 12.1 Å². The molecule has 0 aromatic heterocycles. The molecule has 0 saturated carbocycles. The average Bonchev–Trinajstić information content (AvgIpc) is 2.03. The van der Waals surface area contributed by atoms with Crippen molar-refractivity contribution in [3.8, 4) is 17.6 Å². The van der Waals surface area contributed by atoms with Crippen LogP contribution in [0.4, 0.5) is 0 Å². The molecule has 1 rings (SSSR count). The molecule has 0 radical (unpaired) electrons. The van der Waals surface area contributed by atoms with Gasteiger partial charge in [-0.1, -0.05) is 23.4 Å². The normalized spacial score (nSPS) is 8.83. The first-order chi connectivity index (χ1) is 5.74. The van der Waals surface area contributed by atoms with E-state index in [0.29, 0.717) is 10.6 Å². The zero-order chi connectivity index (χ0) is 8.97. The van der Waals surface area contributed by atoms with Crippen LogP contribution in [-0.4, -0.2) is 11.7 Å². The van der Waals surface area contributed by atoms with Gasteiger partial charge in [0.15, 0.2) is 0 Å². The number of phenolic OH excluding ortho intramolecular Hbond substituents is 1. The predicted octanol–water partition coefficient (Wildman–Crippen LogP) is 1.36. The van der Waals surface area contributed by atoms with Crippen LogP contribution in [0.1, 0.15) is 5.56 Å². The Morgan fingerprint density at radius 1 is 1.50 bits per heavy atom. The number of halogens is 1. The lowest BCUT2D eigenvalue weighted by molar-refractivity contribution is 0.474. The Morgan fingerprint density at radius 2 is 2.25 bits per heavy atom. The van der Waals surface area contributed by atoms with E-state index in [9.17, 15) is 5.11 Å². The van der Waals surface area contributed by atoms with Gasteiger partial charge >= 0.3 is 0 Å². The summed E-state index contributed by atoms with van der Waals surface area (Å²) in [4.78, 5) is 0. The van der Waals surface area contributed by atoms with Crippen LogP contribution in [-0.2, 0) is 0 Å². The third kappa shape index (κ3) is 2.16. The van der Waals surface area contributed by atoms with Gasteiger partial charge in [-0.15, -0.1) is 0 Å². The molecule has 0 spiro atoms. The summed E-state index contributed by atoms with van der Waals surface area (Å²) in [6.07, 6.45) is 0. The second-order valence-corrected chi connectivity index (χ2v) is 2.60.